The molecule has 0 saturated carbocycles. The van der Waals surface area contributed by atoms with Gasteiger partial charge >= 0.3 is 5.97 Å². The standard InChI is InChI=1S/C22H29N7O7/c23-14(10-30)19(32)27-15(7-13-9-25-11-26-13)20(33)28-16(8-18(24)31)21(34)29-17(22(35)36)6-12-4-2-1-3-5-12/h1-5,9,11,14-17,30H,6-8,10,23H2,(H2,24,31)(H,25,26)(H,27,32)(H,28,33)(H,29,34)(H,35,36). The first-order valence-electron chi connectivity index (χ1n) is 10.9. The molecule has 194 valence electrons. The molecule has 0 fully saturated rings. The number of aliphatic hydroxyl groups is 1. The third-order valence-electron chi connectivity index (χ3n) is 5.08. The minimum atomic E-state index is -1.53. The molecule has 1 aromatic heterocycles. The number of nitrogens with two attached hydrogens (primary N) is 2. The van der Waals surface area contributed by atoms with Crippen molar-refractivity contribution in [3.8, 4) is 0 Å². The van der Waals surface area contributed by atoms with Gasteiger partial charge in [-0.05, 0) is 5.56 Å². The van der Waals surface area contributed by atoms with Crippen LogP contribution in [0.2, 0.25) is 0 Å². The summed E-state index contributed by atoms with van der Waals surface area (Å²) in [6.45, 7) is -0.672. The van der Waals surface area contributed by atoms with Crippen LogP contribution in [0, 0.1) is 0 Å². The number of amides is 4. The highest BCUT2D eigenvalue weighted by Gasteiger charge is 2.31. The van der Waals surface area contributed by atoms with Crippen LogP contribution in [-0.4, -0.2) is 80.6 Å². The average molecular weight is 504 g/mol. The van der Waals surface area contributed by atoms with Crippen molar-refractivity contribution in [2.75, 3.05) is 6.61 Å². The highest BCUT2D eigenvalue weighted by molar-refractivity contribution is 5.96. The molecule has 0 radical (unpaired) electrons. The number of carboxylic acid groups (broad SMARTS) is 1. The number of hydrogen-bond donors (Lipinski definition) is 8. The van der Waals surface area contributed by atoms with Gasteiger partial charge in [0.1, 0.15) is 24.2 Å². The molecule has 14 nitrogen and oxygen atoms in total. The number of carboxylic acids is 1. The second-order valence-corrected chi connectivity index (χ2v) is 7.95. The van der Waals surface area contributed by atoms with Crippen molar-refractivity contribution < 1.29 is 34.2 Å². The molecule has 0 saturated heterocycles. The molecule has 2 aromatic rings. The molecule has 4 unspecified atom stereocenters. The zero-order valence-corrected chi connectivity index (χ0v) is 19.2. The number of aliphatic carboxylic acids is 1. The Kier molecular flexibility index (Phi) is 10.5. The molecule has 0 spiro atoms. The smallest absolute Gasteiger partial charge is 0.326 e. The number of primary amides is 1. The van der Waals surface area contributed by atoms with Crippen LogP contribution in [0.4, 0.5) is 0 Å². The third kappa shape index (κ3) is 8.81. The molecule has 0 aliphatic heterocycles. The van der Waals surface area contributed by atoms with E-state index < -0.39 is 66.8 Å². The van der Waals surface area contributed by atoms with Gasteiger partial charge in [0.2, 0.25) is 23.6 Å². The molecule has 0 aliphatic rings. The van der Waals surface area contributed by atoms with Gasteiger partial charge in [-0.25, -0.2) is 9.78 Å². The minimum absolute atomic E-state index is 0.0449. The average Bonchev–Trinajstić information content (AvgIpc) is 3.35. The lowest BCUT2D eigenvalue weighted by molar-refractivity contribution is -0.142. The summed E-state index contributed by atoms with van der Waals surface area (Å²) >= 11 is 0. The van der Waals surface area contributed by atoms with Gasteiger partial charge in [-0.15, -0.1) is 0 Å². The van der Waals surface area contributed by atoms with Crippen molar-refractivity contribution in [2.45, 2.75) is 43.4 Å². The zero-order chi connectivity index (χ0) is 26.7. The summed E-state index contributed by atoms with van der Waals surface area (Å²) < 4.78 is 0. The Labute approximate surface area is 205 Å². The number of nitrogens with one attached hydrogen (secondary N) is 4. The van der Waals surface area contributed by atoms with E-state index in [0.29, 0.717) is 11.3 Å². The summed E-state index contributed by atoms with van der Waals surface area (Å²) in [7, 11) is 0. The summed E-state index contributed by atoms with van der Waals surface area (Å²) in [6.07, 6.45) is 2.00. The normalized spacial score (nSPS) is 14.1. The van der Waals surface area contributed by atoms with E-state index in [1.54, 1.807) is 30.3 Å². The zero-order valence-electron chi connectivity index (χ0n) is 19.2. The third-order valence-corrected chi connectivity index (χ3v) is 5.08. The fraction of sp³-hybridized carbons (Fsp3) is 0.364. The lowest BCUT2D eigenvalue weighted by Gasteiger charge is -2.24. The molecular weight excluding hydrogens is 474 g/mol. The van der Waals surface area contributed by atoms with E-state index in [9.17, 15) is 29.1 Å². The molecule has 0 bridgehead atoms. The fourth-order valence-electron chi connectivity index (χ4n) is 3.19. The molecule has 1 aromatic carbocycles. The Morgan fingerprint density at radius 1 is 0.917 bits per heavy atom. The van der Waals surface area contributed by atoms with Crippen LogP contribution in [0.5, 0.6) is 0 Å². The number of aliphatic hydroxyl groups excluding tert-OH is 1. The van der Waals surface area contributed by atoms with E-state index >= 15 is 0 Å². The number of rotatable bonds is 14. The first-order chi connectivity index (χ1) is 17.1. The molecule has 1 heterocycles. The van der Waals surface area contributed by atoms with Gasteiger partial charge in [-0.2, -0.15) is 0 Å². The first kappa shape index (κ1) is 27.9. The van der Waals surface area contributed by atoms with Crippen LogP contribution in [0.1, 0.15) is 17.7 Å². The van der Waals surface area contributed by atoms with E-state index in [-0.39, 0.29) is 12.8 Å². The number of aromatic nitrogens is 2. The van der Waals surface area contributed by atoms with Gasteiger partial charge < -0.3 is 42.6 Å². The van der Waals surface area contributed by atoms with E-state index in [1.165, 1.54) is 12.5 Å². The number of carbonyl (C=O) groups excluding carboxylic acids is 4. The lowest BCUT2D eigenvalue weighted by Crippen LogP contribution is -2.58. The van der Waals surface area contributed by atoms with Gasteiger partial charge in [0.25, 0.3) is 0 Å². The van der Waals surface area contributed by atoms with E-state index in [0.717, 1.165) is 0 Å². The van der Waals surface area contributed by atoms with Gasteiger partial charge in [0.15, 0.2) is 0 Å². The Bertz CT molecular complexity index is 1050. The SMILES string of the molecule is NC(=O)CC(NC(=O)C(Cc1cnc[nH]1)NC(=O)C(N)CO)C(=O)NC(Cc1ccccc1)C(=O)O. The number of carbonyl (C=O) groups is 5. The largest absolute Gasteiger partial charge is 0.480 e. The molecule has 4 atom stereocenters. The summed E-state index contributed by atoms with van der Waals surface area (Å²) in [4.78, 5) is 68.0. The monoisotopic (exact) mass is 503 g/mol. The number of imidazole rings is 1. The summed E-state index contributed by atoms with van der Waals surface area (Å²) in [6, 6.07) is 3.08. The van der Waals surface area contributed by atoms with Crippen molar-refractivity contribution in [1.29, 1.82) is 0 Å². The Morgan fingerprint density at radius 2 is 1.53 bits per heavy atom. The number of hydrogen-bond acceptors (Lipinski definition) is 8. The van der Waals surface area contributed by atoms with Crippen LogP contribution < -0.4 is 27.4 Å². The Morgan fingerprint density at radius 3 is 2.08 bits per heavy atom. The molecule has 4 amide bonds. The lowest BCUT2D eigenvalue weighted by atomic mass is 10.0. The minimum Gasteiger partial charge on any atom is -0.480 e. The Balaban J connectivity index is 2.18. The number of benzene rings is 1. The van der Waals surface area contributed by atoms with Crippen molar-refractivity contribution in [3.05, 3.63) is 54.1 Å². The van der Waals surface area contributed by atoms with E-state index in [4.69, 9.17) is 16.6 Å². The molecule has 0 aliphatic carbocycles. The topological polar surface area (TPSA) is 243 Å². The highest BCUT2D eigenvalue weighted by Crippen LogP contribution is 2.06. The van der Waals surface area contributed by atoms with Crippen molar-refractivity contribution in [2.24, 2.45) is 11.5 Å². The van der Waals surface area contributed by atoms with Gasteiger partial charge in [0.05, 0.1) is 19.4 Å². The van der Waals surface area contributed by atoms with Crippen molar-refractivity contribution in [1.82, 2.24) is 25.9 Å². The van der Waals surface area contributed by atoms with Crippen LogP contribution in [0.3, 0.4) is 0 Å². The maximum absolute atomic E-state index is 13.0. The summed E-state index contributed by atoms with van der Waals surface area (Å²) in [5.41, 5.74) is 11.8. The van der Waals surface area contributed by atoms with Gasteiger partial charge in [0, 0.05) is 24.7 Å². The van der Waals surface area contributed by atoms with Crippen LogP contribution in [0.15, 0.2) is 42.9 Å². The van der Waals surface area contributed by atoms with Gasteiger partial charge in [-0.1, -0.05) is 30.3 Å². The molecule has 2 rings (SSSR count). The Hall–Kier alpha value is -4.30. The van der Waals surface area contributed by atoms with Crippen LogP contribution in [0.25, 0.3) is 0 Å². The summed E-state index contributed by atoms with van der Waals surface area (Å²) in [5, 5.41) is 25.7. The predicted molar refractivity (Wildman–Crippen MR) is 125 cm³/mol. The second-order valence-electron chi connectivity index (χ2n) is 7.95. The van der Waals surface area contributed by atoms with Gasteiger partial charge in [-0.3, -0.25) is 19.2 Å². The molecule has 10 N–H and O–H groups in total. The van der Waals surface area contributed by atoms with Crippen molar-refractivity contribution >= 4 is 29.6 Å². The molecule has 36 heavy (non-hydrogen) atoms. The quantitative estimate of drug-likeness (QED) is 0.130. The number of aromatic amines is 1. The predicted octanol–water partition coefficient (Wildman–Crippen LogP) is -3.07. The van der Waals surface area contributed by atoms with Crippen molar-refractivity contribution in [3.63, 3.8) is 0 Å². The van der Waals surface area contributed by atoms with Crippen LogP contribution in [-0.2, 0) is 36.8 Å². The van der Waals surface area contributed by atoms with Crippen LogP contribution >= 0.6 is 0 Å². The second kappa shape index (κ2) is 13.6. The van der Waals surface area contributed by atoms with E-state index in [1.807, 2.05) is 0 Å². The summed E-state index contributed by atoms with van der Waals surface area (Å²) in [5.74, 6) is -4.91. The fourth-order valence-corrected chi connectivity index (χ4v) is 3.19. The molecule has 14 heteroatoms. The first-order valence-corrected chi connectivity index (χ1v) is 10.9. The number of H-pyrrole nitrogens is 1. The number of nitrogens with zero attached hydrogens (tertiary/aromatic N) is 1. The maximum atomic E-state index is 13.0. The maximum Gasteiger partial charge on any atom is 0.326 e. The molecular formula is C22H29N7O7. The highest BCUT2D eigenvalue weighted by atomic mass is 16.4. The van der Waals surface area contributed by atoms with E-state index in [2.05, 4.69) is 25.9 Å².